The topological polar surface area (TPSA) is 90.7 Å². The van der Waals surface area contributed by atoms with E-state index in [1.807, 2.05) is 47.4 Å². The molecular weight excluding hydrogens is 346 g/mol. The lowest BCUT2D eigenvalue weighted by molar-refractivity contribution is -0.156. The summed E-state index contributed by atoms with van der Waals surface area (Å²) in [6, 6.07) is 8.53. The van der Waals surface area contributed by atoms with Crippen molar-refractivity contribution in [2.24, 2.45) is 0 Å². The molecule has 3 atom stereocenters. The fourth-order valence-corrected chi connectivity index (χ4v) is 3.71. The molecule has 2 fully saturated rings. The molecular formula is C19H23N5O3. The van der Waals surface area contributed by atoms with Crippen LogP contribution in [0.5, 0.6) is 0 Å². The van der Waals surface area contributed by atoms with Crippen molar-refractivity contribution in [1.29, 1.82) is 0 Å². The molecule has 2 aromatic rings. The van der Waals surface area contributed by atoms with Gasteiger partial charge in [-0.15, -0.1) is 0 Å². The van der Waals surface area contributed by atoms with Crippen LogP contribution in [-0.2, 0) is 16.1 Å². The second-order valence-corrected chi connectivity index (χ2v) is 7.14. The standard InChI is InChI=1S/C19H23N5O3/c1-13(25)17-19(27)23-8-7-22(12-16(23)18(26)21-17)10-14-9-20-24(11-14)15-5-3-2-4-6-15/h2-6,9,11,13,16-17,25H,7-8,10,12H2,1H3,(H,21,26)/t13-,16+,17+/m0/s1. The van der Waals surface area contributed by atoms with Crippen molar-refractivity contribution < 1.29 is 14.7 Å². The lowest BCUT2D eigenvalue weighted by Gasteiger charge is -2.45. The van der Waals surface area contributed by atoms with E-state index >= 15 is 0 Å². The number of fused-ring (bicyclic) bond motifs is 1. The molecule has 0 saturated carbocycles. The highest BCUT2D eigenvalue weighted by Gasteiger charge is 2.44. The van der Waals surface area contributed by atoms with Gasteiger partial charge in [0.25, 0.3) is 0 Å². The molecule has 3 heterocycles. The quantitative estimate of drug-likeness (QED) is 0.777. The summed E-state index contributed by atoms with van der Waals surface area (Å²) in [4.78, 5) is 28.7. The molecule has 2 saturated heterocycles. The Bertz CT molecular complexity index is 835. The Morgan fingerprint density at radius 2 is 2.04 bits per heavy atom. The maximum atomic E-state index is 12.5. The number of piperazine rings is 2. The van der Waals surface area contributed by atoms with E-state index in [0.717, 1.165) is 11.3 Å². The number of carbonyl (C=O) groups is 2. The molecule has 0 bridgehead atoms. The Morgan fingerprint density at radius 3 is 2.78 bits per heavy atom. The largest absolute Gasteiger partial charge is 0.391 e. The molecule has 4 rings (SSSR count). The summed E-state index contributed by atoms with van der Waals surface area (Å²) in [5.41, 5.74) is 2.05. The molecule has 27 heavy (non-hydrogen) atoms. The highest BCUT2D eigenvalue weighted by Crippen LogP contribution is 2.19. The Balaban J connectivity index is 1.42. The SMILES string of the molecule is C[C@H](O)[C@H]1NC(=O)[C@H]2CN(Cc3cnn(-c4ccccc4)c3)CCN2C1=O. The van der Waals surface area contributed by atoms with E-state index < -0.39 is 18.2 Å². The zero-order chi connectivity index (χ0) is 19.0. The summed E-state index contributed by atoms with van der Waals surface area (Å²) in [6.07, 6.45) is 2.91. The van der Waals surface area contributed by atoms with Crippen LogP contribution in [0.15, 0.2) is 42.7 Å². The molecule has 1 aromatic heterocycles. The minimum Gasteiger partial charge on any atom is -0.391 e. The molecule has 1 aromatic carbocycles. The van der Waals surface area contributed by atoms with Gasteiger partial charge in [0.2, 0.25) is 11.8 Å². The van der Waals surface area contributed by atoms with E-state index in [1.54, 1.807) is 4.90 Å². The Hall–Kier alpha value is -2.71. The van der Waals surface area contributed by atoms with Gasteiger partial charge >= 0.3 is 0 Å². The van der Waals surface area contributed by atoms with E-state index in [-0.39, 0.29) is 11.8 Å². The van der Waals surface area contributed by atoms with E-state index in [4.69, 9.17) is 0 Å². The van der Waals surface area contributed by atoms with Gasteiger partial charge in [0.15, 0.2) is 0 Å². The van der Waals surface area contributed by atoms with Crippen molar-refractivity contribution in [2.45, 2.75) is 31.7 Å². The molecule has 2 aliphatic heterocycles. The van der Waals surface area contributed by atoms with Crippen LogP contribution in [0.4, 0.5) is 0 Å². The highest BCUT2D eigenvalue weighted by molar-refractivity contribution is 5.97. The monoisotopic (exact) mass is 369 g/mol. The number of carbonyl (C=O) groups excluding carboxylic acids is 2. The predicted molar refractivity (Wildman–Crippen MR) is 98.0 cm³/mol. The second-order valence-electron chi connectivity index (χ2n) is 7.14. The van der Waals surface area contributed by atoms with Gasteiger partial charge in [0, 0.05) is 37.9 Å². The van der Waals surface area contributed by atoms with Gasteiger partial charge in [0.05, 0.1) is 18.0 Å². The fourth-order valence-electron chi connectivity index (χ4n) is 3.71. The molecule has 0 unspecified atom stereocenters. The first-order valence-corrected chi connectivity index (χ1v) is 9.13. The minimum atomic E-state index is -0.899. The van der Waals surface area contributed by atoms with Crippen LogP contribution in [0, 0.1) is 0 Å². The average Bonchev–Trinajstić information content (AvgIpc) is 3.13. The Labute approximate surface area is 157 Å². The number of hydrogen-bond acceptors (Lipinski definition) is 5. The average molecular weight is 369 g/mol. The first-order chi connectivity index (χ1) is 13.0. The van der Waals surface area contributed by atoms with Crippen molar-refractivity contribution in [2.75, 3.05) is 19.6 Å². The van der Waals surface area contributed by atoms with Crippen LogP contribution in [0.2, 0.25) is 0 Å². The first-order valence-electron chi connectivity index (χ1n) is 9.13. The zero-order valence-corrected chi connectivity index (χ0v) is 15.2. The van der Waals surface area contributed by atoms with Crippen molar-refractivity contribution in [3.63, 3.8) is 0 Å². The summed E-state index contributed by atoms with van der Waals surface area (Å²) in [7, 11) is 0. The summed E-state index contributed by atoms with van der Waals surface area (Å²) < 4.78 is 1.83. The summed E-state index contributed by atoms with van der Waals surface area (Å²) >= 11 is 0. The maximum absolute atomic E-state index is 12.5. The van der Waals surface area contributed by atoms with Gasteiger partial charge in [-0.25, -0.2) is 4.68 Å². The summed E-state index contributed by atoms with van der Waals surface area (Å²) in [5, 5.41) is 16.8. The number of para-hydroxylation sites is 1. The second kappa shape index (κ2) is 7.13. The number of benzene rings is 1. The van der Waals surface area contributed by atoms with E-state index in [2.05, 4.69) is 15.3 Å². The predicted octanol–water partition coefficient (Wildman–Crippen LogP) is -0.236. The number of aliphatic hydroxyl groups excluding tert-OH is 1. The molecule has 8 nitrogen and oxygen atoms in total. The number of hydrogen-bond donors (Lipinski definition) is 2. The maximum Gasteiger partial charge on any atom is 0.248 e. The van der Waals surface area contributed by atoms with Gasteiger partial charge in [-0.2, -0.15) is 5.10 Å². The third kappa shape index (κ3) is 3.45. The normalized spacial score (nSPS) is 24.4. The zero-order valence-electron chi connectivity index (χ0n) is 15.2. The van der Waals surface area contributed by atoms with Crippen molar-refractivity contribution in [1.82, 2.24) is 24.9 Å². The minimum absolute atomic E-state index is 0.203. The number of rotatable bonds is 4. The van der Waals surface area contributed by atoms with Crippen LogP contribution in [0.1, 0.15) is 12.5 Å². The van der Waals surface area contributed by atoms with E-state index in [1.165, 1.54) is 6.92 Å². The van der Waals surface area contributed by atoms with Gasteiger partial charge in [-0.1, -0.05) is 18.2 Å². The Kier molecular flexibility index (Phi) is 4.67. The van der Waals surface area contributed by atoms with Gasteiger partial charge in [-0.3, -0.25) is 14.5 Å². The molecule has 0 spiro atoms. The number of nitrogens with one attached hydrogen (secondary N) is 1. The molecule has 0 aliphatic carbocycles. The van der Waals surface area contributed by atoms with E-state index in [9.17, 15) is 14.7 Å². The smallest absolute Gasteiger partial charge is 0.248 e. The van der Waals surface area contributed by atoms with Crippen molar-refractivity contribution >= 4 is 11.8 Å². The summed E-state index contributed by atoms with van der Waals surface area (Å²) in [6.45, 7) is 3.81. The molecule has 0 radical (unpaired) electrons. The fraction of sp³-hybridized carbons (Fsp3) is 0.421. The van der Waals surface area contributed by atoms with Crippen LogP contribution in [0.25, 0.3) is 5.69 Å². The number of amides is 2. The molecule has 2 N–H and O–H groups in total. The Morgan fingerprint density at radius 1 is 1.26 bits per heavy atom. The summed E-state index contributed by atoms with van der Waals surface area (Å²) in [5.74, 6) is -0.406. The first kappa shape index (κ1) is 17.7. The third-order valence-electron chi connectivity index (χ3n) is 5.16. The lowest BCUT2D eigenvalue weighted by Crippen LogP contribution is -2.70. The third-order valence-corrected chi connectivity index (χ3v) is 5.16. The van der Waals surface area contributed by atoms with Gasteiger partial charge in [0.1, 0.15) is 12.1 Å². The van der Waals surface area contributed by atoms with Gasteiger partial charge in [-0.05, 0) is 19.1 Å². The van der Waals surface area contributed by atoms with Crippen molar-refractivity contribution in [3.8, 4) is 5.69 Å². The number of nitrogens with zero attached hydrogens (tertiary/aromatic N) is 4. The number of aliphatic hydroxyl groups is 1. The molecule has 142 valence electrons. The molecule has 2 amide bonds. The lowest BCUT2D eigenvalue weighted by atomic mass is 10.0. The van der Waals surface area contributed by atoms with Crippen LogP contribution in [-0.4, -0.2) is 74.3 Å². The van der Waals surface area contributed by atoms with E-state index in [0.29, 0.717) is 26.2 Å². The van der Waals surface area contributed by atoms with Crippen LogP contribution in [0.3, 0.4) is 0 Å². The van der Waals surface area contributed by atoms with Crippen LogP contribution < -0.4 is 5.32 Å². The number of aromatic nitrogens is 2. The molecule has 2 aliphatic rings. The van der Waals surface area contributed by atoms with Crippen molar-refractivity contribution in [3.05, 3.63) is 48.3 Å². The molecule has 8 heteroatoms. The van der Waals surface area contributed by atoms with Gasteiger partial charge < -0.3 is 15.3 Å². The highest BCUT2D eigenvalue weighted by atomic mass is 16.3. The van der Waals surface area contributed by atoms with Crippen LogP contribution >= 0.6 is 0 Å².